The van der Waals surface area contributed by atoms with Gasteiger partial charge in [0.15, 0.2) is 11.5 Å². The fraction of sp³-hybridized carbons (Fsp3) is 0.120. The van der Waals surface area contributed by atoms with E-state index in [2.05, 4.69) is 10.3 Å². The smallest absolute Gasteiger partial charge is 0.251 e. The number of nitrogens with one attached hydrogen (secondary N) is 1. The van der Waals surface area contributed by atoms with Crippen LogP contribution in [0.2, 0.25) is 0 Å². The standard InChI is InChI=1S/C25H22FN3O3/c1-31-24-14-20(8-10-23(24)32-16-18-5-3-2-4-6-18)25(30)28-15-19-7-9-22(21(26)13-19)29-12-11-27-17-29/h2-14,17H,15-16H2,1H3,(H,28,30). The molecule has 0 bridgehead atoms. The summed E-state index contributed by atoms with van der Waals surface area (Å²) in [5, 5.41) is 2.80. The average Bonchev–Trinajstić information content (AvgIpc) is 3.36. The van der Waals surface area contributed by atoms with Gasteiger partial charge in [0, 0.05) is 24.5 Å². The molecule has 0 aliphatic heterocycles. The fourth-order valence-corrected chi connectivity index (χ4v) is 3.22. The van der Waals surface area contributed by atoms with Crippen LogP contribution in [0.4, 0.5) is 4.39 Å². The van der Waals surface area contributed by atoms with Crippen LogP contribution >= 0.6 is 0 Å². The SMILES string of the molecule is COc1cc(C(=O)NCc2ccc(-n3ccnc3)c(F)c2)ccc1OCc1ccccc1. The summed E-state index contributed by atoms with van der Waals surface area (Å²) in [7, 11) is 1.52. The molecule has 1 amide bonds. The van der Waals surface area contributed by atoms with E-state index in [1.165, 1.54) is 19.5 Å². The number of benzene rings is 3. The third-order valence-electron chi connectivity index (χ3n) is 4.91. The molecule has 1 heterocycles. The number of nitrogens with zero attached hydrogens (tertiary/aromatic N) is 2. The summed E-state index contributed by atoms with van der Waals surface area (Å²) in [6.45, 7) is 0.581. The first-order chi connectivity index (χ1) is 15.6. The molecule has 162 valence electrons. The van der Waals surface area contributed by atoms with Gasteiger partial charge in [0.25, 0.3) is 5.91 Å². The zero-order valence-electron chi connectivity index (χ0n) is 17.5. The molecule has 0 atom stereocenters. The van der Waals surface area contributed by atoms with E-state index in [0.29, 0.717) is 34.9 Å². The number of hydrogen-bond donors (Lipinski definition) is 1. The van der Waals surface area contributed by atoms with E-state index in [9.17, 15) is 9.18 Å². The van der Waals surface area contributed by atoms with Crippen molar-refractivity contribution in [2.75, 3.05) is 7.11 Å². The summed E-state index contributed by atoms with van der Waals surface area (Å²) >= 11 is 0. The Morgan fingerprint density at radius 3 is 2.59 bits per heavy atom. The van der Waals surface area contributed by atoms with Crippen LogP contribution in [0.15, 0.2) is 85.5 Å². The summed E-state index contributed by atoms with van der Waals surface area (Å²) in [4.78, 5) is 16.5. The van der Waals surface area contributed by atoms with E-state index in [-0.39, 0.29) is 12.5 Å². The summed E-state index contributed by atoms with van der Waals surface area (Å²) in [5.41, 5.74) is 2.50. The average molecular weight is 431 g/mol. The molecule has 1 N–H and O–H groups in total. The van der Waals surface area contributed by atoms with Crippen molar-refractivity contribution in [1.29, 1.82) is 0 Å². The van der Waals surface area contributed by atoms with E-state index >= 15 is 0 Å². The molecule has 0 unspecified atom stereocenters. The number of ether oxygens (including phenoxy) is 2. The molecule has 7 heteroatoms. The maximum atomic E-state index is 14.4. The van der Waals surface area contributed by atoms with Gasteiger partial charge in [0.05, 0.1) is 19.1 Å². The number of aromatic nitrogens is 2. The van der Waals surface area contributed by atoms with Crippen molar-refractivity contribution in [3.63, 3.8) is 0 Å². The van der Waals surface area contributed by atoms with E-state index in [0.717, 1.165) is 5.56 Å². The van der Waals surface area contributed by atoms with Crippen LogP contribution < -0.4 is 14.8 Å². The van der Waals surface area contributed by atoms with Crippen molar-refractivity contribution in [3.05, 3.63) is 108 Å². The van der Waals surface area contributed by atoms with Crippen molar-refractivity contribution in [3.8, 4) is 17.2 Å². The number of rotatable bonds is 8. The lowest BCUT2D eigenvalue weighted by Crippen LogP contribution is -2.23. The molecule has 32 heavy (non-hydrogen) atoms. The van der Waals surface area contributed by atoms with Crippen LogP contribution in [0, 0.1) is 5.82 Å². The minimum Gasteiger partial charge on any atom is -0.493 e. The minimum atomic E-state index is -0.392. The maximum absolute atomic E-state index is 14.4. The molecule has 3 aromatic carbocycles. The van der Waals surface area contributed by atoms with Crippen LogP contribution in [0.1, 0.15) is 21.5 Å². The molecule has 4 aromatic rings. The Hall–Kier alpha value is -4.13. The van der Waals surface area contributed by atoms with E-state index in [1.807, 2.05) is 30.3 Å². The van der Waals surface area contributed by atoms with Gasteiger partial charge in [-0.3, -0.25) is 4.79 Å². The number of hydrogen-bond acceptors (Lipinski definition) is 4. The van der Waals surface area contributed by atoms with Gasteiger partial charge in [-0.05, 0) is 41.5 Å². The molecule has 0 radical (unpaired) electrons. The van der Waals surface area contributed by atoms with Gasteiger partial charge in [0.1, 0.15) is 12.4 Å². The molecule has 4 rings (SSSR count). The van der Waals surface area contributed by atoms with Crippen LogP contribution in [0.25, 0.3) is 5.69 Å². The molecule has 6 nitrogen and oxygen atoms in total. The Balaban J connectivity index is 1.39. The first-order valence-electron chi connectivity index (χ1n) is 10.0. The second-order valence-electron chi connectivity index (χ2n) is 7.08. The molecule has 0 saturated carbocycles. The Morgan fingerprint density at radius 2 is 1.88 bits per heavy atom. The number of halogens is 1. The topological polar surface area (TPSA) is 65.4 Å². The van der Waals surface area contributed by atoms with Gasteiger partial charge < -0.3 is 19.4 Å². The number of carbonyl (C=O) groups excluding carboxylic acids is 1. The highest BCUT2D eigenvalue weighted by atomic mass is 19.1. The minimum absolute atomic E-state index is 0.189. The van der Waals surface area contributed by atoms with E-state index < -0.39 is 5.82 Å². The number of imidazole rings is 1. The highest BCUT2D eigenvalue weighted by Gasteiger charge is 2.12. The Bertz CT molecular complexity index is 1190. The van der Waals surface area contributed by atoms with E-state index in [4.69, 9.17) is 9.47 Å². The third-order valence-corrected chi connectivity index (χ3v) is 4.91. The monoisotopic (exact) mass is 431 g/mol. The summed E-state index contributed by atoms with van der Waals surface area (Å²) < 4.78 is 27.2. The number of amides is 1. The quantitative estimate of drug-likeness (QED) is 0.445. The van der Waals surface area contributed by atoms with Gasteiger partial charge in [-0.15, -0.1) is 0 Å². The fourth-order valence-electron chi connectivity index (χ4n) is 3.22. The highest BCUT2D eigenvalue weighted by molar-refractivity contribution is 5.94. The third kappa shape index (κ3) is 4.95. The lowest BCUT2D eigenvalue weighted by atomic mass is 10.1. The van der Waals surface area contributed by atoms with Gasteiger partial charge in [-0.25, -0.2) is 9.37 Å². The largest absolute Gasteiger partial charge is 0.493 e. The molecule has 0 spiro atoms. The summed E-state index contributed by atoms with van der Waals surface area (Å²) in [5.74, 6) is 0.322. The normalized spacial score (nSPS) is 10.6. The van der Waals surface area contributed by atoms with Crippen molar-refractivity contribution < 1.29 is 18.7 Å². The number of carbonyl (C=O) groups is 1. The first kappa shape index (κ1) is 21.1. The lowest BCUT2D eigenvalue weighted by molar-refractivity contribution is 0.0950. The van der Waals surface area contributed by atoms with Crippen LogP contribution in [0.5, 0.6) is 11.5 Å². The van der Waals surface area contributed by atoms with Crippen LogP contribution in [0.3, 0.4) is 0 Å². The van der Waals surface area contributed by atoms with Crippen molar-refractivity contribution in [2.24, 2.45) is 0 Å². The molecule has 0 aliphatic carbocycles. The van der Waals surface area contributed by atoms with Crippen molar-refractivity contribution in [1.82, 2.24) is 14.9 Å². The first-order valence-corrected chi connectivity index (χ1v) is 10.0. The van der Waals surface area contributed by atoms with Crippen molar-refractivity contribution >= 4 is 5.91 Å². The van der Waals surface area contributed by atoms with Gasteiger partial charge >= 0.3 is 0 Å². The number of methoxy groups -OCH3 is 1. The predicted octanol–water partition coefficient (Wildman–Crippen LogP) is 4.53. The Labute approximate surface area is 185 Å². The van der Waals surface area contributed by atoms with Crippen molar-refractivity contribution in [2.45, 2.75) is 13.2 Å². The Morgan fingerprint density at radius 1 is 1.03 bits per heavy atom. The Kier molecular flexibility index (Phi) is 6.46. The molecule has 0 fully saturated rings. The molecular formula is C25H22FN3O3. The summed E-state index contributed by atoms with van der Waals surface area (Å²) in [6, 6.07) is 19.6. The highest BCUT2D eigenvalue weighted by Crippen LogP contribution is 2.29. The predicted molar refractivity (Wildman–Crippen MR) is 118 cm³/mol. The second-order valence-corrected chi connectivity index (χ2v) is 7.08. The van der Waals surface area contributed by atoms with Gasteiger partial charge in [0.2, 0.25) is 0 Å². The van der Waals surface area contributed by atoms with Gasteiger partial charge in [-0.1, -0.05) is 36.4 Å². The second kappa shape index (κ2) is 9.78. The zero-order valence-corrected chi connectivity index (χ0v) is 17.5. The molecule has 1 aromatic heterocycles. The van der Waals surface area contributed by atoms with Crippen LogP contribution in [-0.2, 0) is 13.2 Å². The van der Waals surface area contributed by atoms with E-state index in [1.54, 1.807) is 47.3 Å². The summed E-state index contributed by atoms with van der Waals surface area (Å²) in [6.07, 6.45) is 4.78. The molecule has 0 saturated heterocycles. The van der Waals surface area contributed by atoms with Gasteiger partial charge in [-0.2, -0.15) is 0 Å². The maximum Gasteiger partial charge on any atom is 0.251 e. The molecular weight excluding hydrogens is 409 g/mol. The molecule has 0 aliphatic rings. The van der Waals surface area contributed by atoms with Crippen LogP contribution in [-0.4, -0.2) is 22.6 Å². The lowest BCUT2D eigenvalue weighted by Gasteiger charge is -2.13. The zero-order chi connectivity index (χ0) is 22.3.